The van der Waals surface area contributed by atoms with Gasteiger partial charge in [0.2, 0.25) is 0 Å². The largest absolute Gasteiger partial charge is 0.345 e. The summed E-state index contributed by atoms with van der Waals surface area (Å²) in [6.07, 6.45) is 8.51. The van der Waals surface area contributed by atoms with Crippen molar-refractivity contribution in [2.24, 2.45) is 0 Å². The molecule has 2 heterocycles. The highest BCUT2D eigenvalue weighted by Crippen LogP contribution is 2.31. The molecule has 0 fully saturated rings. The number of hydrogen-bond donors (Lipinski definition) is 2. The summed E-state index contributed by atoms with van der Waals surface area (Å²) < 4.78 is 0. The van der Waals surface area contributed by atoms with Crippen molar-refractivity contribution in [2.45, 2.75) is 91.4 Å². The van der Waals surface area contributed by atoms with Crippen molar-refractivity contribution < 1.29 is 0 Å². The van der Waals surface area contributed by atoms with Gasteiger partial charge in [-0.05, 0) is 45.4 Å². The second kappa shape index (κ2) is 8.24. The lowest BCUT2D eigenvalue weighted by Gasteiger charge is -2.24. The average Bonchev–Trinajstić information content (AvgIpc) is 3.24. The number of H-pyrrole nitrogens is 2. The van der Waals surface area contributed by atoms with E-state index in [-0.39, 0.29) is 5.41 Å². The Kier molecular flexibility index (Phi) is 6.48. The molecule has 0 saturated heterocycles. The third kappa shape index (κ3) is 4.66. The zero-order valence-electron chi connectivity index (χ0n) is 17.8. The normalized spacial score (nSPS) is 14.5. The first-order valence-corrected chi connectivity index (χ1v) is 9.90. The molecule has 0 bridgehead atoms. The van der Waals surface area contributed by atoms with Crippen molar-refractivity contribution in [2.75, 3.05) is 0 Å². The molecule has 144 valence electrons. The molecule has 2 N–H and O–H groups in total. The van der Waals surface area contributed by atoms with Crippen LogP contribution in [0, 0.1) is 0 Å². The highest BCUT2D eigenvalue weighted by atomic mass is 14.9. The number of aromatic amines is 2. The van der Waals surface area contributed by atoms with Crippen LogP contribution in [0.3, 0.4) is 0 Å². The molecular formula is C22H36N4. The Balaban J connectivity index is 1.99. The van der Waals surface area contributed by atoms with E-state index in [4.69, 9.17) is 0 Å². The number of nitrogens with zero attached hydrogens (tertiary/aromatic N) is 2. The first kappa shape index (κ1) is 20.5. The molecule has 4 nitrogen and oxygen atoms in total. The van der Waals surface area contributed by atoms with Crippen LogP contribution < -0.4 is 0 Å². The Morgan fingerprint density at radius 3 is 2.19 bits per heavy atom. The minimum atomic E-state index is -0.0742. The van der Waals surface area contributed by atoms with E-state index >= 15 is 0 Å². The van der Waals surface area contributed by atoms with Gasteiger partial charge in [-0.25, -0.2) is 9.97 Å². The van der Waals surface area contributed by atoms with Gasteiger partial charge in [0.1, 0.15) is 11.6 Å². The molecule has 26 heavy (non-hydrogen) atoms. The van der Waals surface area contributed by atoms with Gasteiger partial charge in [-0.2, -0.15) is 0 Å². The molecule has 0 aliphatic heterocycles. The second-order valence-electron chi connectivity index (χ2n) is 8.71. The van der Waals surface area contributed by atoms with E-state index in [9.17, 15) is 0 Å². The third-order valence-electron chi connectivity index (χ3n) is 5.54. The molecule has 0 radical (unpaired) electrons. The predicted octanol–water partition coefficient (Wildman–Crippen LogP) is 6.19. The molecule has 0 amide bonds. The quantitative estimate of drug-likeness (QED) is 0.554. The number of allylic oxidation sites excluding steroid dienone is 2. The topological polar surface area (TPSA) is 57.4 Å². The summed E-state index contributed by atoms with van der Waals surface area (Å²) >= 11 is 0. The molecule has 2 rings (SSSR count). The Labute approximate surface area is 158 Å². The summed E-state index contributed by atoms with van der Waals surface area (Å²) in [5.74, 6) is 3.54. The Hall–Kier alpha value is -1.84. The minimum Gasteiger partial charge on any atom is -0.345 e. The fraction of sp³-hybridized carbons (Fsp3) is 0.636. The molecule has 0 saturated carbocycles. The fourth-order valence-corrected chi connectivity index (χ4v) is 2.99. The number of nitrogens with one attached hydrogen (secondary N) is 2. The Morgan fingerprint density at radius 1 is 1.00 bits per heavy atom. The summed E-state index contributed by atoms with van der Waals surface area (Å²) in [5.41, 5.74) is 3.73. The summed E-state index contributed by atoms with van der Waals surface area (Å²) in [4.78, 5) is 16.1. The van der Waals surface area contributed by atoms with Gasteiger partial charge in [0.15, 0.2) is 0 Å². The number of rotatable bonds is 8. The van der Waals surface area contributed by atoms with Crippen LogP contribution >= 0.6 is 0 Å². The molecule has 2 aromatic rings. The van der Waals surface area contributed by atoms with Crippen LogP contribution in [0.25, 0.3) is 0 Å². The maximum absolute atomic E-state index is 4.63. The van der Waals surface area contributed by atoms with Gasteiger partial charge in [0, 0.05) is 35.1 Å². The van der Waals surface area contributed by atoms with Crippen molar-refractivity contribution in [3.05, 3.63) is 47.1 Å². The first-order chi connectivity index (χ1) is 12.1. The monoisotopic (exact) mass is 356 g/mol. The maximum Gasteiger partial charge on any atom is 0.116 e. The smallest absolute Gasteiger partial charge is 0.116 e. The average molecular weight is 357 g/mol. The van der Waals surface area contributed by atoms with E-state index < -0.39 is 0 Å². The van der Waals surface area contributed by atoms with Gasteiger partial charge >= 0.3 is 0 Å². The van der Waals surface area contributed by atoms with Gasteiger partial charge in [-0.1, -0.05) is 46.3 Å². The SMILES string of the molecule is C/C(=C\CCC(C)c1cnc(C(C)C)[nH]1)C(C)(C)c1ncc(C(C)C)[nH]1. The van der Waals surface area contributed by atoms with E-state index in [1.54, 1.807) is 0 Å². The van der Waals surface area contributed by atoms with Crippen LogP contribution in [-0.4, -0.2) is 19.9 Å². The van der Waals surface area contributed by atoms with Gasteiger partial charge in [-0.3, -0.25) is 0 Å². The van der Waals surface area contributed by atoms with Crippen molar-refractivity contribution in [1.82, 2.24) is 19.9 Å². The zero-order valence-corrected chi connectivity index (χ0v) is 17.8. The molecule has 0 aromatic carbocycles. The maximum atomic E-state index is 4.63. The van der Waals surface area contributed by atoms with Crippen molar-refractivity contribution in [1.29, 1.82) is 0 Å². The summed E-state index contributed by atoms with van der Waals surface area (Å²) in [6, 6.07) is 0. The Bertz CT molecular complexity index is 731. The lowest BCUT2D eigenvalue weighted by molar-refractivity contribution is 0.573. The first-order valence-electron chi connectivity index (χ1n) is 9.90. The highest BCUT2D eigenvalue weighted by molar-refractivity contribution is 5.25. The van der Waals surface area contributed by atoms with Gasteiger partial charge in [-0.15, -0.1) is 0 Å². The van der Waals surface area contributed by atoms with Crippen LogP contribution in [0.15, 0.2) is 24.0 Å². The van der Waals surface area contributed by atoms with Gasteiger partial charge in [0.25, 0.3) is 0 Å². The van der Waals surface area contributed by atoms with Crippen LogP contribution in [0.4, 0.5) is 0 Å². The summed E-state index contributed by atoms with van der Waals surface area (Å²) in [6.45, 7) is 17.7. The predicted molar refractivity (Wildman–Crippen MR) is 110 cm³/mol. The van der Waals surface area contributed by atoms with Gasteiger partial charge < -0.3 is 9.97 Å². The molecule has 1 atom stereocenters. The van der Waals surface area contributed by atoms with Crippen LogP contribution in [0.1, 0.15) is 109 Å². The van der Waals surface area contributed by atoms with Crippen molar-refractivity contribution >= 4 is 0 Å². The van der Waals surface area contributed by atoms with Crippen LogP contribution in [0.5, 0.6) is 0 Å². The molecule has 4 heteroatoms. The number of imidazole rings is 2. The van der Waals surface area contributed by atoms with Crippen LogP contribution in [-0.2, 0) is 5.41 Å². The Morgan fingerprint density at radius 2 is 1.65 bits per heavy atom. The number of aromatic nitrogens is 4. The summed E-state index contributed by atoms with van der Waals surface area (Å²) in [7, 11) is 0. The molecule has 0 aliphatic rings. The lowest BCUT2D eigenvalue weighted by atomic mass is 9.83. The second-order valence-corrected chi connectivity index (χ2v) is 8.71. The molecule has 0 aliphatic carbocycles. The van der Waals surface area contributed by atoms with E-state index in [0.717, 1.165) is 24.5 Å². The molecule has 0 spiro atoms. The van der Waals surface area contributed by atoms with Crippen molar-refractivity contribution in [3.8, 4) is 0 Å². The van der Waals surface area contributed by atoms with Crippen molar-refractivity contribution in [3.63, 3.8) is 0 Å². The zero-order chi connectivity index (χ0) is 19.5. The third-order valence-corrected chi connectivity index (χ3v) is 5.54. The lowest BCUT2D eigenvalue weighted by Crippen LogP contribution is -2.21. The molecule has 2 aromatic heterocycles. The standard InChI is InChI=1S/C22H36N4/c1-14(2)18-12-24-21(26-18)22(7,8)17(6)11-9-10-16(5)19-13-23-20(25-19)15(3)4/h11-16H,9-10H2,1-8H3,(H,23,25)(H,24,26)/b17-11+. The van der Waals surface area contributed by atoms with E-state index in [1.165, 1.54) is 17.0 Å². The van der Waals surface area contributed by atoms with E-state index in [1.807, 2.05) is 12.4 Å². The fourth-order valence-electron chi connectivity index (χ4n) is 2.99. The highest BCUT2D eigenvalue weighted by Gasteiger charge is 2.26. The molecular weight excluding hydrogens is 320 g/mol. The number of hydrogen-bond acceptors (Lipinski definition) is 2. The van der Waals surface area contributed by atoms with Gasteiger partial charge in [0.05, 0.1) is 0 Å². The minimum absolute atomic E-state index is 0.0742. The van der Waals surface area contributed by atoms with E-state index in [2.05, 4.69) is 81.4 Å². The van der Waals surface area contributed by atoms with Crippen LogP contribution in [0.2, 0.25) is 0 Å². The summed E-state index contributed by atoms with van der Waals surface area (Å²) in [5, 5.41) is 0. The molecule has 1 unspecified atom stereocenters. The van der Waals surface area contributed by atoms with E-state index in [0.29, 0.717) is 17.8 Å².